The highest BCUT2D eigenvalue weighted by Crippen LogP contribution is 2.28. The zero-order chi connectivity index (χ0) is 15.5. The molecule has 0 unspecified atom stereocenters. The first kappa shape index (κ1) is 15.6. The lowest BCUT2D eigenvalue weighted by Gasteiger charge is -2.04. The molecule has 0 aliphatic heterocycles. The molecule has 1 heterocycles. The zero-order valence-electron chi connectivity index (χ0n) is 11.8. The topological polar surface area (TPSA) is 84.6 Å². The molecule has 0 saturated carbocycles. The van der Waals surface area contributed by atoms with Crippen LogP contribution in [0, 0.1) is 0 Å². The molecule has 2 aromatic rings. The Morgan fingerprint density at radius 2 is 1.95 bits per heavy atom. The summed E-state index contributed by atoms with van der Waals surface area (Å²) in [7, 11) is -3.35. The predicted octanol–water partition coefficient (Wildman–Crippen LogP) is 3.24. The normalized spacial score (nSPS) is 11.9. The lowest BCUT2D eigenvalue weighted by atomic mass is 10.1. The van der Waals surface area contributed by atoms with E-state index in [2.05, 4.69) is 0 Å². The van der Waals surface area contributed by atoms with Gasteiger partial charge in [0, 0.05) is 10.9 Å². The fourth-order valence-corrected chi connectivity index (χ4v) is 3.79. The molecule has 0 spiro atoms. The van der Waals surface area contributed by atoms with Crippen molar-refractivity contribution in [2.24, 2.45) is 0 Å². The molecule has 0 aliphatic rings. The molecule has 0 radical (unpaired) electrons. The van der Waals surface area contributed by atoms with Gasteiger partial charge in [0.1, 0.15) is 5.58 Å². The van der Waals surface area contributed by atoms with Crippen LogP contribution in [0.3, 0.4) is 0 Å². The second-order valence-electron chi connectivity index (χ2n) is 5.01. The van der Waals surface area contributed by atoms with Crippen LogP contribution in [0.15, 0.2) is 28.7 Å². The third-order valence-corrected chi connectivity index (χ3v) is 4.95. The Hall–Kier alpha value is -1.82. The maximum Gasteiger partial charge on any atom is 0.372 e. The Labute approximate surface area is 123 Å². The number of hydrogen-bond acceptors (Lipinski definition) is 4. The first-order valence-corrected chi connectivity index (χ1v) is 8.71. The van der Waals surface area contributed by atoms with Crippen LogP contribution in [0.2, 0.25) is 0 Å². The van der Waals surface area contributed by atoms with Crippen LogP contribution in [0.4, 0.5) is 0 Å². The second kappa shape index (κ2) is 6.30. The van der Waals surface area contributed by atoms with Crippen molar-refractivity contribution in [2.45, 2.75) is 31.9 Å². The number of aromatic carboxylic acids is 1. The summed E-state index contributed by atoms with van der Waals surface area (Å²) in [5.74, 6) is -1.75. The molecule has 0 fully saturated rings. The SMILES string of the molecule is CCCCCS(=O)(=O)Cc1c(C(=O)O)oc2ccccc12. The molecule has 5 nitrogen and oxygen atoms in total. The highest BCUT2D eigenvalue weighted by molar-refractivity contribution is 7.90. The van der Waals surface area contributed by atoms with Gasteiger partial charge < -0.3 is 9.52 Å². The number of fused-ring (bicyclic) bond motifs is 1. The summed E-state index contributed by atoms with van der Waals surface area (Å²) in [6, 6.07) is 6.77. The van der Waals surface area contributed by atoms with Crippen molar-refractivity contribution in [2.75, 3.05) is 5.75 Å². The van der Waals surface area contributed by atoms with Crippen LogP contribution in [-0.4, -0.2) is 25.2 Å². The lowest BCUT2D eigenvalue weighted by molar-refractivity contribution is 0.0664. The van der Waals surface area contributed by atoms with Crippen molar-refractivity contribution >= 4 is 26.8 Å². The van der Waals surface area contributed by atoms with E-state index in [1.54, 1.807) is 24.3 Å². The number of rotatable bonds is 7. The van der Waals surface area contributed by atoms with Crippen LogP contribution in [0.25, 0.3) is 11.0 Å². The van der Waals surface area contributed by atoms with Crippen molar-refractivity contribution in [1.82, 2.24) is 0 Å². The van der Waals surface area contributed by atoms with Gasteiger partial charge in [-0.15, -0.1) is 0 Å². The van der Waals surface area contributed by atoms with E-state index >= 15 is 0 Å². The number of hydrogen-bond donors (Lipinski definition) is 1. The number of para-hydroxylation sites is 1. The predicted molar refractivity (Wildman–Crippen MR) is 80.2 cm³/mol. The van der Waals surface area contributed by atoms with E-state index in [1.807, 2.05) is 6.92 Å². The summed E-state index contributed by atoms with van der Waals surface area (Å²) in [5.41, 5.74) is 0.642. The van der Waals surface area contributed by atoms with Gasteiger partial charge in [0.2, 0.25) is 5.76 Å². The van der Waals surface area contributed by atoms with Gasteiger partial charge in [0.15, 0.2) is 9.84 Å². The van der Waals surface area contributed by atoms with Crippen molar-refractivity contribution in [3.63, 3.8) is 0 Å². The van der Waals surface area contributed by atoms with Gasteiger partial charge in [-0.3, -0.25) is 0 Å². The molecule has 0 bridgehead atoms. The number of carboxylic acids is 1. The highest BCUT2D eigenvalue weighted by Gasteiger charge is 2.24. The van der Waals surface area contributed by atoms with Gasteiger partial charge in [-0.25, -0.2) is 13.2 Å². The lowest BCUT2D eigenvalue weighted by Crippen LogP contribution is -2.11. The molecule has 1 N–H and O–H groups in total. The summed E-state index contributed by atoms with van der Waals surface area (Å²) in [5, 5.41) is 9.74. The number of unbranched alkanes of at least 4 members (excludes halogenated alkanes) is 2. The van der Waals surface area contributed by atoms with Crippen LogP contribution in [0.5, 0.6) is 0 Å². The van der Waals surface area contributed by atoms with Gasteiger partial charge >= 0.3 is 5.97 Å². The molecule has 6 heteroatoms. The summed E-state index contributed by atoms with van der Waals surface area (Å²) < 4.78 is 29.6. The van der Waals surface area contributed by atoms with E-state index in [0.717, 1.165) is 12.8 Å². The molecular formula is C15H18O5S. The van der Waals surface area contributed by atoms with Gasteiger partial charge in [-0.2, -0.15) is 0 Å². The summed E-state index contributed by atoms with van der Waals surface area (Å²) >= 11 is 0. The van der Waals surface area contributed by atoms with Crippen LogP contribution in [0.1, 0.15) is 42.3 Å². The molecule has 1 aromatic heterocycles. The molecule has 2 rings (SSSR count). The van der Waals surface area contributed by atoms with Crippen molar-refractivity contribution in [1.29, 1.82) is 0 Å². The molecule has 21 heavy (non-hydrogen) atoms. The van der Waals surface area contributed by atoms with E-state index in [9.17, 15) is 18.3 Å². The largest absolute Gasteiger partial charge is 0.475 e. The molecule has 114 valence electrons. The standard InChI is InChI=1S/C15H18O5S/c1-2-3-6-9-21(18,19)10-12-11-7-4-5-8-13(11)20-14(12)15(16)17/h4-5,7-8H,2-3,6,9-10H2,1H3,(H,16,17). The zero-order valence-corrected chi connectivity index (χ0v) is 12.6. The second-order valence-corrected chi connectivity index (χ2v) is 7.19. The van der Waals surface area contributed by atoms with Crippen molar-refractivity contribution in [3.8, 4) is 0 Å². The quantitative estimate of drug-likeness (QED) is 0.794. The average Bonchev–Trinajstić information content (AvgIpc) is 2.78. The third kappa shape index (κ3) is 3.64. The Morgan fingerprint density at radius 1 is 1.24 bits per heavy atom. The number of carboxylic acid groups (broad SMARTS) is 1. The molecule has 1 aromatic carbocycles. The Morgan fingerprint density at radius 3 is 2.62 bits per heavy atom. The van der Waals surface area contributed by atoms with Gasteiger partial charge in [0.25, 0.3) is 0 Å². The molecule has 0 atom stereocenters. The van der Waals surface area contributed by atoms with E-state index in [1.165, 1.54) is 0 Å². The Bertz CT molecular complexity index is 743. The first-order valence-electron chi connectivity index (χ1n) is 6.88. The molecule has 0 aliphatic carbocycles. The van der Waals surface area contributed by atoms with Gasteiger partial charge in [0.05, 0.1) is 11.5 Å². The summed E-state index contributed by atoms with van der Waals surface area (Å²) in [6.45, 7) is 2.00. The minimum absolute atomic E-state index is 0.0689. The molecule has 0 saturated heterocycles. The minimum Gasteiger partial charge on any atom is -0.475 e. The Kier molecular flexibility index (Phi) is 4.67. The van der Waals surface area contributed by atoms with Crippen LogP contribution >= 0.6 is 0 Å². The summed E-state index contributed by atoms with van der Waals surface area (Å²) in [6.07, 6.45) is 2.37. The molecular weight excluding hydrogens is 292 g/mol. The monoisotopic (exact) mass is 310 g/mol. The first-order chi connectivity index (χ1) is 9.94. The van der Waals surface area contributed by atoms with E-state index < -0.39 is 15.8 Å². The fourth-order valence-electron chi connectivity index (χ4n) is 2.28. The highest BCUT2D eigenvalue weighted by atomic mass is 32.2. The fraction of sp³-hybridized carbons (Fsp3) is 0.400. The number of sulfone groups is 1. The molecule has 0 amide bonds. The average molecular weight is 310 g/mol. The van der Waals surface area contributed by atoms with E-state index in [0.29, 0.717) is 17.4 Å². The number of furan rings is 1. The van der Waals surface area contributed by atoms with Crippen molar-refractivity contribution < 1.29 is 22.7 Å². The third-order valence-electron chi connectivity index (χ3n) is 3.32. The van der Waals surface area contributed by atoms with E-state index in [4.69, 9.17) is 4.42 Å². The number of carbonyl (C=O) groups is 1. The maximum absolute atomic E-state index is 12.2. The van der Waals surface area contributed by atoms with Gasteiger partial charge in [-0.1, -0.05) is 38.0 Å². The van der Waals surface area contributed by atoms with E-state index in [-0.39, 0.29) is 22.8 Å². The van der Waals surface area contributed by atoms with Crippen LogP contribution < -0.4 is 0 Å². The number of benzene rings is 1. The van der Waals surface area contributed by atoms with Crippen molar-refractivity contribution in [3.05, 3.63) is 35.6 Å². The van der Waals surface area contributed by atoms with Crippen LogP contribution in [-0.2, 0) is 15.6 Å². The Balaban J connectivity index is 2.36. The smallest absolute Gasteiger partial charge is 0.372 e. The minimum atomic E-state index is -3.35. The van der Waals surface area contributed by atoms with Gasteiger partial charge in [-0.05, 0) is 12.5 Å². The summed E-state index contributed by atoms with van der Waals surface area (Å²) in [4.78, 5) is 11.2. The maximum atomic E-state index is 12.2.